The highest BCUT2D eigenvalue weighted by Gasteiger charge is 2.23. The molecular formula is C17H22N+. The lowest BCUT2D eigenvalue weighted by Crippen LogP contribution is -2.48. The zero-order valence-electron chi connectivity index (χ0n) is 11.4. The largest absolute Gasteiger partial charge is 0.312 e. The number of hydrogen-bond acceptors (Lipinski definition) is 0. The van der Waals surface area contributed by atoms with Crippen molar-refractivity contribution in [3.8, 4) is 11.8 Å². The summed E-state index contributed by atoms with van der Waals surface area (Å²) >= 11 is 0. The molecule has 0 amide bonds. The van der Waals surface area contributed by atoms with Gasteiger partial charge in [-0.15, -0.1) is 6.58 Å². The lowest BCUT2D eigenvalue weighted by Gasteiger charge is -2.33. The Morgan fingerprint density at radius 2 is 1.83 bits per heavy atom. The number of quaternary nitrogens is 1. The summed E-state index contributed by atoms with van der Waals surface area (Å²) in [6, 6.07) is 10.3. The molecule has 0 spiro atoms. The van der Waals surface area contributed by atoms with Gasteiger partial charge in [-0.05, 0) is 24.1 Å². The van der Waals surface area contributed by atoms with Crippen LogP contribution in [0.5, 0.6) is 0 Å². The fourth-order valence-corrected chi connectivity index (χ4v) is 1.82. The highest BCUT2D eigenvalue weighted by atomic mass is 15.3. The first kappa shape index (κ1) is 14.3. The van der Waals surface area contributed by atoms with E-state index in [2.05, 4.69) is 39.1 Å². The molecule has 0 aliphatic carbocycles. The Labute approximate surface area is 111 Å². The molecule has 0 N–H and O–H groups in total. The van der Waals surface area contributed by atoms with Gasteiger partial charge in [0.05, 0.1) is 20.6 Å². The van der Waals surface area contributed by atoms with E-state index in [1.54, 1.807) is 0 Å². The topological polar surface area (TPSA) is 0 Å². The van der Waals surface area contributed by atoms with Crippen molar-refractivity contribution in [3.63, 3.8) is 0 Å². The normalized spacial score (nSPS) is 12.1. The van der Waals surface area contributed by atoms with Crippen LogP contribution in [0.3, 0.4) is 0 Å². The summed E-state index contributed by atoms with van der Waals surface area (Å²) in [5.74, 6) is 6.61. The average Bonchev–Trinajstić information content (AvgIpc) is 2.35. The Balaban J connectivity index is 2.90. The predicted octanol–water partition coefficient (Wildman–Crippen LogP) is 3.25. The van der Waals surface area contributed by atoms with Crippen LogP contribution in [0.1, 0.15) is 12.0 Å². The molecule has 1 rings (SSSR count). The van der Waals surface area contributed by atoms with Crippen molar-refractivity contribution in [2.75, 3.05) is 20.6 Å². The van der Waals surface area contributed by atoms with Gasteiger partial charge in [0, 0.05) is 12.0 Å². The zero-order valence-corrected chi connectivity index (χ0v) is 11.4. The summed E-state index contributed by atoms with van der Waals surface area (Å²) in [6.45, 7) is 8.55. The van der Waals surface area contributed by atoms with Gasteiger partial charge in [0.1, 0.15) is 0 Å². The van der Waals surface area contributed by atoms with Gasteiger partial charge in [0.2, 0.25) is 0 Å². The van der Waals surface area contributed by atoms with Crippen LogP contribution < -0.4 is 0 Å². The van der Waals surface area contributed by atoms with Crippen molar-refractivity contribution in [2.45, 2.75) is 12.5 Å². The first-order valence-corrected chi connectivity index (χ1v) is 6.21. The van der Waals surface area contributed by atoms with E-state index in [9.17, 15) is 0 Å². The van der Waals surface area contributed by atoms with E-state index in [1.165, 1.54) is 0 Å². The number of hydrogen-bond donors (Lipinski definition) is 0. The van der Waals surface area contributed by atoms with Crippen LogP contribution in [-0.2, 0) is 0 Å². The minimum absolute atomic E-state index is 0.251. The van der Waals surface area contributed by atoms with Gasteiger partial charge < -0.3 is 4.48 Å². The molecule has 1 nitrogen and oxygen atoms in total. The Bertz CT molecular complexity index is 445. The van der Waals surface area contributed by atoms with Crippen LogP contribution in [0.2, 0.25) is 0 Å². The Morgan fingerprint density at radius 1 is 1.17 bits per heavy atom. The average molecular weight is 240 g/mol. The summed E-state index contributed by atoms with van der Waals surface area (Å²) in [7, 11) is 4.35. The minimum Gasteiger partial charge on any atom is -0.312 e. The maximum absolute atomic E-state index is 3.83. The van der Waals surface area contributed by atoms with E-state index in [0.29, 0.717) is 0 Å². The van der Waals surface area contributed by atoms with Crippen LogP contribution in [0.25, 0.3) is 0 Å². The van der Waals surface area contributed by atoms with Crippen molar-refractivity contribution in [1.29, 1.82) is 0 Å². The van der Waals surface area contributed by atoms with Gasteiger partial charge >= 0.3 is 0 Å². The van der Waals surface area contributed by atoms with Gasteiger partial charge in [0.15, 0.2) is 6.04 Å². The van der Waals surface area contributed by atoms with Gasteiger partial charge in [-0.25, -0.2) is 0 Å². The third kappa shape index (κ3) is 4.24. The number of benzene rings is 1. The molecule has 0 aliphatic rings. The molecule has 1 atom stereocenters. The third-order valence-electron chi connectivity index (χ3n) is 2.99. The molecule has 1 aromatic carbocycles. The molecule has 0 saturated heterocycles. The van der Waals surface area contributed by atoms with Crippen LogP contribution >= 0.6 is 0 Å². The summed E-state index contributed by atoms with van der Waals surface area (Å²) in [4.78, 5) is 0. The van der Waals surface area contributed by atoms with Crippen LogP contribution in [-0.4, -0.2) is 31.2 Å². The molecule has 0 radical (unpaired) electrons. The minimum atomic E-state index is 0.251. The molecule has 1 aromatic rings. The maximum Gasteiger partial charge on any atom is 0.154 e. The SMILES string of the molecule is C=CC[C@@H](C#Cc1ccccc1)[N+](C)(C)CC=C. The standard InChI is InChI=1S/C17H22N/c1-5-10-17(18(3,4)15-6-2)14-13-16-11-8-7-9-12-16/h5-9,11-12,17H,1-2,10,15H2,3-4H3/q+1/t17-/m0/s1. The summed E-state index contributed by atoms with van der Waals surface area (Å²) in [5.41, 5.74) is 1.06. The van der Waals surface area contributed by atoms with Crippen molar-refractivity contribution in [2.24, 2.45) is 0 Å². The first-order chi connectivity index (χ1) is 8.60. The van der Waals surface area contributed by atoms with Crippen molar-refractivity contribution in [1.82, 2.24) is 0 Å². The maximum atomic E-state index is 3.83. The van der Waals surface area contributed by atoms with Crippen LogP contribution in [0, 0.1) is 11.8 Å². The van der Waals surface area contributed by atoms with Crippen LogP contribution in [0.15, 0.2) is 55.6 Å². The van der Waals surface area contributed by atoms with Crippen molar-refractivity contribution < 1.29 is 4.48 Å². The number of likely N-dealkylation sites (N-methyl/N-ethyl adjacent to an activating group) is 1. The number of nitrogens with zero attached hydrogens (tertiary/aromatic N) is 1. The molecule has 1 heteroatoms. The molecule has 0 aromatic heterocycles. The van der Waals surface area contributed by atoms with E-state index in [1.807, 2.05) is 42.5 Å². The number of rotatable bonds is 5. The second-order valence-corrected chi connectivity index (χ2v) is 4.93. The molecule has 0 fully saturated rings. The Morgan fingerprint density at radius 3 is 2.39 bits per heavy atom. The Kier molecular flexibility index (Phi) is 5.42. The van der Waals surface area contributed by atoms with Gasteiger partial charge in [-0.3, -0.25) is 0 Å². The van der Waals surface area contributed by atoms with Gasteiger partial charge in [-0.2, -0.15) is 0 Å². The summed E-state index contributed by atoms with van der Waals surface area (Å²) in [5, 5.41) is 0. The quantitative estimate of drug-likeness (QED) is 0.421. The predicted molar refractivity (Wildman–Crippen MR) is 79.1 cm³/mol. The van der Waals surface area contributed by atoms with Gasteiger partial charge in [0.25, 0.3) is 0 Å². The second-order valence-electron chi connectivity index (χ2n) is 4.93. The highest BCUT2D eigenvalue weighted by Crippen LogP contribution is 2.11. The van der Waals surface area contributed by atoms with Gasteiger partial charge in [-0.1, -0.05) is 36.8 Å². The van der Waals surface area contributed by atoms with E-state index in [0.717, 1.165) is 23.0 Å². The lowest BCUT2D eigenvalue weighted by atomic mass is 10.1. The summed E-state index contributed by atoms with van der Waals surface area (Å²) < 4.78 is 0.815. The highest BCUT2D eigenvalue weighted by molar-refractivity contribution is 5.34. The zero-order chi connectivity index (χ0) is 13.4. The molecule has 0 saturated carbocycles. The fourth-order valence-electron chi connectivity index (χ4n) is 1.82. The van der Waals surface area contributed by atoms with E-state index in [-0.39, 0.29) is 6.04 Å². The summed E-state index contributed by atoms with van der Waals surface area (Å²) in [6.07, 6.45) is 4.77. The van der Waals surface area contributed by atoms with Crippen molar-refractivity contribution >= 4 is 0 Å². The third-order valence-corrected chi connectivity index (χ3v) is 2.99. The molecule has 94 valence electrons. The van der Waals surface area contributed by atoms with E-state index in [4.69, 9.17) is 0 Å². The van der Waals surface area contributed by atoms with Crippen LogP contribution in [0.4, 0.5) is 0 Å². The molecule has 0 aliphatic heterocycles. The first-order valence-electron chi connectivity index (χ1n) is 6.21. The monoisotopic (exact) mass is 240 g/mol. The molecule has 0 unspecified atom stereocenters. The van der Waals surface area contributed by atoms with E-state index < -0.39 is 0 Å². The Hall–Kier alpha value is -1.78. The second kappa shape index (κ2) is 6.83. The van der Waals surface area contributed by atoms with E-state index >= 15 is 0 Å². The lowest BCUT2D eigenvalue weighted by molar-refractivity contribution is -0.900. The smallest absolute Gasteiger partial charge is 0.154 e. The molecule has 18 heavy (non-hydrogen) atoms. The molecule has 0 heterocycles. The van der Waals surface area contributed by atoms with Crippen molar-refractivity contribution in [3.05, 3.63) is 61.2 Å². The molecular weight excluding hydrogens is 218 g/mol. The fraction of sp³-hybridized carbons (Fsp3) is 0.294. The molecule has 0 bridgehead atoms.